The number of hydrogen-bond acceptors (Lipinski definition) is 5. The van der Waals surface area contributed by atoms with E-state index in [1.165, 1.54) is 6.21 Å². The van der Waals surface area contributed by atoms with Crippen molar-refractivity contribution < 1.29 is 24.2 Å². The van der Waals surface area contributed by atoms with Crippen LogP contribution in [0.3, 0.4) is 0 Å². The molecule has 0 radical (unpaired) electrons. The van der Waals surface area contributed by atoms with Gasteiger partial charge in [0.25, 0.3) is 0 Å². The van der Waals surface area contributed by atoms with Crippen molar-refractivity contribution in [3.8, 4) is 0 Å². The molecule has 0 bridgehead atoms. The van der Waals surface area contributed by atoms with Crippen LogP contribution in [0.25, 0.3) is 0 Å². The number of carboxylic acid groups (broad SMARTS) is 1. The number of rotatable bonds is 6. The molecule has 2 aliphatic rings. The van der Waals surface area contributed by atoms with E-state index in [9.17, 15) is 19.5 Å². The summed E-state index contributed by atoms with van der Waals surface area (Å²) >= 11 is 0. The van der Waals surface area contributed by atoms with Gasteiger partial charge in [-0.3, -0.25) is 9.59 Å². The van der Waals surface area contributed by atoms with Gasteiger partial charge in [0.2, 0.25) is 5.91 Å². The average Bonchev–Trinajstić information content (AvgIpc) is 3.14. The fourth-order valence-electron chi connectivity index (χ4n) is 3.52. The van der Waals surface area contributed by atoms with Crippen LogP contribution >= 0.6 is 0 Å². The fraction of sp³-hybridized carbons (Fsp3) is 0.778. The molecule has 1 heterocycles. The lowest BCUT2D eigenvalue weighted by Gasteiger charge is -2.27. The SMILES string of the molecule is CC(C)(C)OC(=O)CC(CC1CCCC1)C(=O)N1N=CCC1C(=O)O. The predicted molar refractivity (Wildman–Crippen MR) is 91.9 cm³/mol. The molecule has 1 aliphatic heterocycles. The maximum absolute atomic E-state index is 12.9. The first-order valence-corrected chi connectivity index (χ1v) is 8.97. The smallest absolute Gasteiger partial charge is 0.329 e. The van der Waals surface area contributed by atoms with Crippen LogP contribution in [0.5, 0.6) is 0 Å². The third-order valence-corrected chi connectivity index (χ3v) is 4.62. The van der Waals surface area contributed by atoms with Gasteiger partial charge in [-0.2, -0.15) is 5.10 Å². The Kier molecular flexibility index (Phi) is 6.19. The number of esters is 1. The molecule has 0 aromatic carbocycles. The van der Waals surface area contributed by atoms with Crippen LogP contribution in [0.2, 0.25) is 0 Å². The number of aliphatic carboxylic acids is 1. The molecule has 0 saturated heterocycles. The molecule has 1 N–H and O–H groups in total. The number of amides is 1. The molecule has 7 heteroatoms. The summed E-state index contributed by atoms with van der Waals surface area (Å²) in [5.41, 5.74) is -0.618. The molecular formula is C18H28N2O5. The molecule has 140 valence electrons. The molecule has 2 atom stereocenters. The van der Waals surface area contributed by atoms with Crippen molar-refractivity contribution in [2.75, 3.05) is 0 Å². The lowest BCUT2D eigenvalue weighted by atomic mass is 9.89. The largest absolute Gasteiger partial charge is 0.480 e. The van der Waals surface area contributed by atoms with Crippen molar-refractivity contribution in [2.24, 2.45) is 16.9 Å². The van der Waals surface area contributed by atoms with Gasteiger partial charge in [0.05, 0.1) is 12.3 Å². The average molecular weight is 352 g/mol. The molecule has 7 nitrogen and oxygen atoms in total. The minimum Gasteiger partial charge on any atom is -0.480 e. The van der Waals surface area contributed by atoms with E-state index in [1.54, 1.807) is 20.8 Å². The molecule has 2 rings (SSSR count). The highest BCUT2D eigenvalue weighted by Crippen LogP contribution is 2.33. The maximum Gasteiger partial charge on any atom is 0.329 e. The van der Waals surface area contributed by atoms with Gasteiger partial charge in [0.15, 0.2) is 6.04 Å². The van der Waals surface area contributed by atoms with Gasteiger partial charge < -0.3 is 9.84 Å². The van der Waals surface area contributed by atoms with Gasteiger partial charge in [-0.15, -0.1) is 0 Å². The fourth-order valence-corrected chi connectivity index (χ4v) is 3.52. The first-order valence-electron chi connectivity index (χ1n) is 8.97. The second-order valence-corrected chi connectivity index (χ2v) is 7.94. The number of carbonyl (C=O) groups excluding carboxylic acids is 2. The zero-order valence-electron chi connectivity index (χ0n) is 15.2. The Morgan fingerprint density at radius 2 is 1.92 bits per heavy atom. The summed E-state index contributed by atoms with van der Waals surface area (Å²) in [4.78, 5) is 36.4. The zero-order valence-corrected chi connectivity index (χ0v) is 15.2. The Hall–Kier alpha value is -1.92. The molecule has 1 aliphatic carbocycles. The minimum absolute atomic E-state index is 0.0367. The third kappa shape index (κ3) is 5.54. The minimum atomic E-state index is -1.08. The molecular weight excluding hydrogens is 324 g/mol. The van der Waals surface area contributed by atoms with Crippen LogP contribution < -0.4 is 0 Å². The molecule has 25 heavy (non-hydrogen) atoms. The van der Waals surface area contributed by atoms with Crippen LogP contribution in [-0.2, 0) is 19.1 Å². The maximum atomic E-state index is 12.9. The van der Waals surface area contributed by atoms with E-state index < -0.39 is 29.5 Å². The van der Waals surface area contributed by atoms with Gasteiger partial charge >= 0.3 is 11.9 Å². The van der Waals surface area contributed by atoms with Crippen molar-refractivity contribution in [1.82, 2.24) is 5.01 Å². The molecule has 1 fully saturated rings. The molecule has 1 amide bonds. The predicted octanol–water partition coefficient (Wildman–Crippen LogP) is 2.59. The number of ether oxygens (including phenoxy) is 1. The van der Waals surface area contributed by atoms with E-state index >= 15 is 0 Å². The van der Waals surface area contributed by atoms with Crippen molar-refractivity contribution in [3.05, 3.63) is 0 Å². The highest BCUT2D eigenvalue weighted by atomic mass is 16.6. The van der Waals surface area contributed by atoms with Crippen molar-refractivity contribution in [1.29, 1.82) is 0 Å². The first-order chi connectivity index (χ1) is 11.7. The van der Waals surface area contributed by atoms with E-state index in [4.69, 9.17) is 4.74 Å². The Balaban J connectivity index is 2.09. The standard InChI is InChI=1S/C18H28N2O5/c1-18(2,3)25-15(21)11-13(10-12-6-4-5-7-12)16(22)20-14(17(23)24)8-9-19-20/h9,12-14H,4-8,10-11H2,1-3H3,(H,23,24). The van der Waals surface area contributed by atoms with Gasteiger partial charge in [-0.1, -0.05) is 25.7 Å². The van der Waals surface area contributed by atoms with Gasteiger partial charge in [0, 0.05) is 12.6 Å². The van der Waals surface area contributed by atoms with E-state index in [-0.39, 0.29) is 18.7 Å². The van der Waals surface area contributed by atoms with Crippen LogP contribution in [-0.4, -0.2) is 45.8 Å². The number of carboxylic acids is 1. The number of hydrazone groups is 1. The van der Waals surface area contributed by atoms with Crippen molar-refractivity contribution >= 4 is 24.1 Å². The highest BCUT2D eigenvalue weighted by Gasteiger charge is 2.38. The molecule has 0 spiro atoms. The highest BCUT2D eigenvalue weighted by molar-refractivity contribution is 5.91. The molecule has 0 aromatic heterocycles. The van der Waals surface area contributed by atoms with Gasteiger partial charge in [-0.25, -0.2) is 9.80 Å². The van der Waals surface area contributed by atoms with Crippen LogP contribution in [0, 0.1) is 11.8 Å². The quantitative estimate of drug-likeness (QED) is 0.741. The summed E-state index contributed by atoms with van der Waals surface area (Å²) in [5.74, 6) is -2.10. The summed E-state index contributed by atoms with van der Waals surface area (Å²) < 4.78 is 5.36. The first kappa shape index (κ1) is 19.4. The Morgan fingerprint density at radius 1 is 1.28 bits per heavy atom. The van der Waals surface area contributed by atoms with Crippen LogP contribution in [0.4, 0.5) is 0 Å². The lowest BCUT2D eigenvalue weighted by molar-refractivity contribution is -0.160. The van der Waals surface area contributed by atoms with E-state index in [0.29, 0.717) is 12.3 Å². The van der Waals surface area contributed by atoms with Crippen LogP contribution in [0.15, 0.2) is 5.10 Å². The summed E-state index contributed by atoms with van der Waals surface area (Å²) in [6.45, 7) is 5.35. The van der Waals surface area contributed by atoms with Crippen molar-refractivity contribution in [3.63, 3.8) is 0 Å². The number of nitrogens with zero attached hydrogens (tertiary/aromatic N) is 2. The summed E-state index contributed by atoms with van der Waals surface area (Å²) in [7, 11) is 0. The van der Waals surface area contributed by atoms with Gasteiger partial charge in [0.1, 0.15) is 5.60 Å². The third-order valence-electron chi connectivity index (χ3n) is 4.62. The van der Waals surface area contributed by atoms with E-state index in [1.807, 2.05) is 0 Å². The van der Waals surface area contributed by atoms with Crippen LogP contribution in [0.1, 0.15) is 65.7 Å². The topological polar surface area (TPSA) is 96.3 Å². The monoisotopic (exact) mass is 352 g/mol. The van der Waals surface area contributed by atoms with E-state index in [0.717, 1.165) is 30.7 Å². The number of hydrogen-bond donors (Lipinski definition) is 1. The zero-order chi connectivity index (χ0) is 18.6. The van der Waals surface area contributed by atoms with Crippen molar-refractivity contribution in [2.45, 2.75) is 77.4 Å². The second-order valence-electron chi connectivity index (χ2n) is 7.94. The summed E-state index contributed by atoms with van der Waals surface area (Å²) in [6.07, 6.45) is 6.55. The lowest BCUT2D eigenvalue weighted by Crippen LogP contribution is -2.42. The Morgan fingerprint density at radius 3 is 2.48 bits per heavy atom. The second kappa shape index (κ2) is 7.97. The Bertz CT molecular complexity index is 546. The number of carbonyl (C=O) groups is 3. The Labute approximate surface area is 148 Å². The molecule has 2 unspecified atom stereocenters. The van der Waals surface area contributed by atoms with E-state index in [2.05, 4.69) is 5.10 Å². The molecule has 0 aromatic rings. The summed E-state index contributed by atoms with van der Waals surface area (Å²) in [5, 5.41) is 14.2. The van der Waals surface area contributed by atoms with Gasteiger partial charge in [-0.05, 0) is 33.1 Å². The summed E-state index contributed by atoms with van der Waals surface area (Å²) in [6, 6.07) is -0.975. The molecule has 1 saturated carbocycles. The normalized spacial score (nSPS) is 22.2.